The predicted molar refractivity (Wildman–Crippen MR) is 149 cm³/mol. The number of nitrogens with zero attached hydrogens (tertiary/aromatic N) is 2. The van der Waals surface area contributed by atoms with Crippen molar-refractivity contribution >= 4 is 30.4 Å². The van der Waals surface area contributed by atoms with Gasteiger partial charge >= 0.3 is 0 Å². The highest BCUT2D eigenvalue weighted by molar-refractivity contribution is 14.0. The maximum Gasteiger partial charge on any atom is 0.210 e. The van der Waals surface area contributed by atoms with E-state index >= 15 is 0 Å². The smallest absolute Gasteiger partial charge is 0.210 e. The number of hydrogen-bond acceptors (Lipinski definition) is 4. The van der Waals surface area contributed by atoms with Crippen LogP contribution in [0.1, 0.15) is 23.1 Å². The Hall–Kier alpha value is -2.65. The number of rotatable bonds is 7. The van der Waals surface area contributed by atoms with Crippen molar-refractivity contribution in [2.45, 2.75) is 25.9 Å². The lowest BCUT2D eigenvalue weighted by atomic mass is 9.99. The molecule has 0 unspecified atom stereocenters. The van der Waals surface area contributed by atoms with E-state index in [-0.39, 0.29) is 29.8 Å². The van der Waals surface area contributed by atoms with Crippen LogP contribution in [0.5, 0.6) is 11.5 Å². The molecule has 2 aliphatic heterocycles. The summed E-state index contributed by atoms with van der Waals surface area (Å²) in [6.45, 7) is 11.5. The average Bonchev–Trinajstić information content (AvgIpc) is 2.89. The SMILES string of the molecule is C=CC1=C(C=C)CN(Cc2ccccc2F)CC1.COc1cc2c(cc1OC)CN(C=O)CC2.I. The van der Waals surface area contributed by atoms with Crippen LogP contribution in [0.2, 0.25) is 0 Å². The number of carbonyl (C=O) groups excluding carboxylic acids is 1. The summed E-state index contributed by atoms with van der Waals surface area (Å²) in [5, 5.41) is 0. The van der Waals surface area contributed by atoms with Gasteiger partial charge in [-0.05, 0) is 53.3 Å². The summed E-state index contributed by atoms with van der Waals surface area (Å²) >= 11 is 0. The first-order valence-corrected chi connectivity index (χ1v) is 11.4. The molecule has 35 heavy (non-hydrogen) atoms. The molecule has 2 aliphatic rings. The van der Waals surface area contributed by atoms with Gasteiger partial charge in [0.1, 0.15) is 5.82 Å². The zero-order valence-corrected chi connectivity index (χ0v) is 22.8. The number of benzene rings is 2. The minimum Gasteiger partial charge on any atom is -0.493 e. The summed E-state index contributed by atoms with van der Waals surface area (Å²) in [5.41, 5.74) is 5.58. The zero-order chi connectivity index (χ0) is 24.5. The first kappa shape index (κ1) is 28.6. The molecule has 0 spiro atoms. The number of ether oxygens (including phenoxy) is 2. The minimum atomic E-state index is -0.129. The lowest BCUT2D eigenvalue weighted by Crippen LogP contribution is -2.31. The van der Waals surface area contributed by atoms with Crippen molar-refractivity contribution in [1.29, 1.82) is 0 Å². The van der Waals surface area contributed by atoms with Crippen LogP contribution in [0.4, 0.5) is 4.39 Å². The van der Waals surface area contributed by atoms with Gasteiger partial charge in [0.15, 0.2) is 11.5 Å². The van der Waals surface area contributed by atoms with E-state index in [4.69, 9.17) is 9.47 Å². The van der Waals surface area contributed by atoms with Crippen LogP contribution >= 0.6 is 24.0 Å². The molecular formula is C28H34FIN2O3. The van der Waals surface area contributed by atoms with Crippen molar-refractivity contribution in [2.24, 2.45) is 0 Å². The molecule has 0 N–H and O–H groups in total. The molecule has 0 bridgehead atoms. The molecule has 188 valence electrons. The Morgan fingerprint density at radius 2 is 1.60 bits per heavy atom. The Balaban J connectivity index is 0.000000241. The van der Waals surface area contributed by atoms with Gasteiger partial charge < -0.3 is 14.4 Å². The van der Waals surface area contributed by atoms with Crippen molar-refractivity contribution in [3.8, 4) is 11.5 Å². The predicted octanol–water partition coefficient (Wildman–Crippen LogP) is 5.54. The van der Waals surface area contributed by atoms with Crippen LogP contribution in [-0.4, -0.2) is 50.1 Å². The van der Waals surface area contributed by atoms with Gasteiger partial charge in [-0.1, -0.05) is 43.5 Å². The first-order valence-electron chi connectivity index (χ1n) is 11.4. The topological polar surface area (TPSA) is 42.0 Å². The largest absolute Gasteiger partial charge is 0.493 e. The van der Waals surface area contributed by atoms with E-state index in [2.05, 4.69) is 18.1 Å². The summed E-state index contributed by atoms with van der Waals surface area (Å²) < 4.78 is 24.1. The number of fused-ring (bicyclic) bond motifs is 1. The molecule has 2 heterocycles. The summed E-state index contributed by atoms with van der Waals surface area (Å²) in [6, 6.07) is 10.9. The second kappa shape index (κ2) is 14.0. The first-order chi connectivity index (χ1) is 16.5. The van der Waals surface area contributed by atoms with Gasteiger partial charge in [0.05, 0.1) is 14.2 Å². The van der Waals surface area contributed by atoms with Gasteiger partial charge in [-0.3, -0.25) is 9.69 Å². The fourth-order valence-corrected chi connectivity index (χ4v) is 4.29. The molecule has 7 heteroatoms. The zero-order valence-electron chi connectivity index (χ0n) is 20.5. The average molecular weight is 592 g/mol. The Labute approximate surface area is 224 Å². The van der Waals surface area contributed by atoms with E-state index in [0.717, 1.165) is 55.8 Å². The van der Waals surface area contributed by atoms with E-state index in [0.29, 0.717) is 18.8 Å². The van der Waals surface area contributed by atoms with Gasteiger partial charge in [-0.25, -0.2) is 4.39 Å². The van der Waals surface area contributed by atoms with E-state index in [9.17, 15) is 9.18 Å². The van der Waals surface area contributed by atoms with Gasteiger partial charge in [0.25, 0.3) is 0 Å². The van der Waals surface area contributed by atoms with Gasteiger partial charge in [-0.15, -0.1) is 24.0 Å². The van der Waals surface area contributed by atoms with Gasteiger partial charge in [-0.2, -0.15) is 0 Å². The van der Waals surface area contributed by atoms with Gasteiger partial charge in [0.2, 0.25) is 6.41 Å². The summed E-state index contributed by atoms with van der Waals surface area (Å²) in [6.07, 6.45) is 6.50. The standard InChI is InChI=1S/C16H18FN.C12H15NO3.HI/c1-3-13-9-10-18(11-14(13)4-2)12-15-7-5-6-8-16(15)17;1-15-11-5-9-3-4-13(8-14)7-10(9)6-12(11)16-2;/h3-8H,1-2,9-12H2;5-6,8H,3-4,7H2,1-2H3;1H. The van der Waals surface area contributed by atoms with Crippen molar-refractivity contribution in [2.75, 3.05) is 33.9 Å². The number of carbonyl (C=O) groups is 1. The van der Waals surface area contributed by atoms with E-state index in [1.807, 2.05) is 36.4 Å². The summed E-state index contributed by atoms with van der Waals surface area (Å²) in [4.78, 5) is 14.7. The highest BCUT2D eigenvalue weighted by Gasteiger charge is 2.18. The Bertz CT molecular complexity index is 1070. The quantitative estimate of drug-likeness (QED) is 0.313. The molecule has 1 amide bonds. The van der Waals surface area contributed by atoms with Crippen molar-refractivity contribution in [3.63, 3.8) is 0 Å². The lowest BCUT2D eigenvalue weighted by Gasteiger charge is -2.29. The Morgan fingerprint density at radius 1 is 0.943 bits per heavy atom. The van der Waals surface area contributed by atoms with E-state index in [1.165, 1.54) is 22.8 Å². The summed E-state index contributed by atoms with van der Waals surface area (Å²) in [5.74, 6) is 1.34. The van der Waals surface area contributed by atoms with Crippen LogP contribution in [0.3, 0.4) is 0 Å². The third-order valence-electron chi connectivity index (χ3n) is 6.25. The van der Waals surface area contributed by atoms with Crippen molar-refractivity contribution in [3.05, 3.63) is 95.4 Å². The Morgan fingerprint density at radius 3 is 2.20 bits per heavy atom. The molecule has 0 atom stereocenters. The van der Waals surface area contributed by atoms with Crippen LogP contribution < -0.4 is 9.47 Å². The van der Waals surface area contributed by atoms with Crippen LogP contribution in [-0.2, 0) is 24.3 Å². The maximum absolute atomic E-state index is 13.6. The highest BCUT2D eigenvalue weighted by Crippen LogP contribution is 2.32. The second-order valence-corrected chi connectivity index (χ2v) is 8.31. The van der Waals surface area contributed by atoms with Crippen LogP contribution in [0.15, 0.2) is 72.9 Å². The summed E-state index contributed by atoms with van der Waals surface area (Å²) in [7, 11) is 3.25. The number of amides is 1. The third-order valence-corrected chi connectivity index (χ3v) is 6.25. The molecular weight excluding hydrogens is 558 g/mol. The van der Waals surface area contributed by atoms with E-state index in [1.54, 1.807) is 25.2 Å². The second-order valence-electron chi connectivity index (χ2n) is 8.31. The number of halogens is 2. The number of hydrogen-bond donors (Lipinski definition) is 0. The molecule has 0 fully saturated rings. The van der Waals surface area contributed by atoms with Crippen LogP contribution in [0.25, 0.3) is 0 Å². The molecule has 0 aromatic heterocycles. The fourth-order valence-electron chi connectivity index (χ4n) is 4.29. The molecule has 0 saturated heterocycles. The van der Waals surface area contributed by atoms with Crippen molar-refractivity contribution in [1.82, 2.24) is 9.80 Å². The lowest BCUT2D eigenvalue weighted by molar-refractivity contribution is -0.118. The molecule has 0 saturated carbocycles. The number of allylic oxidation sites excluding steroid dienone is 1. The molecule has 4 rings (SSSR count). The Kier molecular flexibility index (Phi) is 11.5. The van der Waals surface area contributed by atoms with E-state index < -0.39 is 0 Å². The minimum absolute atomic E-state index is 0. The molecule has 0 radical (unpaired) electrons. The molecule has 2 aromatic carbocycles. The number of methoxy groups -OCH3 is 2. The third kappa shape index (κ3) is 7.41. The maximum atomic E-state index is 13.6. The fraction of sp³-hybridized carbons (Fsp3) is 0.321. The molecule has 0 aliphatic carbocycles. The highest BCUT2D eigenvalue weighted by atomic mass is 127. The van der Waals surface area contributed by atoms with Crippen molar-refractivity contribution < 1.29 is 18.7 Å². The van der Waals surface area contributed by atoms with Gasteiger partial charge in [0, 0.05) is 38.3 Å². The van der Waals surface area contributed by atoms with Crippen LogP contribution in [0, 0.1) is 5.82 Å². The molecule has 5 nitrogen and oxygen atoms in total. The molecule has 2 aromatic rings. The normalized spacial score (nSPS) is 15.1. The monoisotopic (exact) mass is 592 g/mol.